The number of hydrogen-bond donors (Lipinski definition) is 2. The number of sulfonamides is 1. The monoisotopic (exact) mass is 344 g/mol. The minimum Gasteiger partial charge on any atom is -0.315 e. The molecule has 0 heterocycles. The van der Waals surface area contributed by atoms with Crippen LogP contribution in [0.4, 0.5) is 13.2 Å². The molecule has 1 aromatic carbocycles. The van der Waals surface area contributed by atoms with Gasteiger partial charge in [-0.1, -0.05) is 18.5 Å². The number of hydrogen-bond acceptors (Lipinski definition) is 3. The van der Waals surface area contributed by atoms with Crippen molar-refractivity contribution in [3.63, 3.8) is 0 Å². The van der Waals surface area contributed by atoms with E-state index in [4.69, 9.17) is 11.6 Å². The first-order chi connectivity index (χ1) is 9.68. The van der Waals surface area contributed by atoms with Crippen LogP contribution in [-0.2, 0) is 16.2 Å². The zero-order valence-electron chi connectivity index (χ0n) is 11.3. The largest absolute Gasteiger partial charge is 0.417 e. The van der Waals surface area contributed by atoms with Crippen molar-refractivity contribution in [2.75, 3.05) is 19.6 Å². The molecular formula is C12H16ClF3N2O2S. The molecule has 0 spiro atoms. The summed E-state index contributed by atoms with van der Waals surface area (Å²) in [6, 6.07) is 2.57. The Morgan fingerprint density at radius 3 is 2.43 bits per heavy atom. The van der Waals surface area contributed by atoms with Gasteiger partial charge in [-0.2, -0.15) is 13.2 Å². The van der Waals surface area contributed by atoms with Gasteiger partial charge in [0.25, 0.3) is 0 Å². The molecule has 0 fully saturated rings. The quantitative estimate of drug-likeness (QED) is 0.748. The van der Waals surface area contributed by atoms with E-state index < -0.39 is 26.7 Å². The first kappa shape index (κ1) is 18.2. The van der Waals surface area contributed by atoms with E-state index >= 15 is 0 Å². The Kier molecular flexibility index (Phi) is 6.45. The average molecular weight is 345 g/mol. The number of nitrogens with one attached hydrogen (secondary N) is 2. The van der Waals surface area contributed by atoms with Crippen LogP contribution in [0.15, 0.2) is 23.1 Å². The van der Waals surface area contributed by atoms with E-state index in [0.29, 0.717) is 19.2 Å². The normalized spacial score (nSPS) is 12.6. The smallest absolute Gasteiger partial charge is 0.315 e. The highest BCUT2D eigenvalue weighted by atomic mass is 35.5. The molecule has 0 aromatic heterocycles. The second-order valence-electron chi connectivity index (χ2n) is 4.29. The van der Waals surface area contributed by atoms with Crippen molar-refractivity contribution in [1.29, 1.82) is 0 Å². The van der Waals surface area contributed by atoms with Crippen LogP contribution >= 0.6 is 11.6 Å². The summed E-state index contributed by atoms with van der Waals surface area (Å²) in [5, 5.41) is 2.77. The predicted molar refractivity (Wildman–Crippen MR) is 74.8 cm³/mol. The number of benzene rings is 1. The highest BCUT2D eigenvalue weighted by Gasteiger charge is 2.37. The van der Waals surface area contributed by atoms with E-state index in [1.807, 2.05) is 6.92 Å². The summed E-state index contributed by atoms with van der Waals surface area (Å²) in [5.41, 5.74) is -1.27. The fraction of sp³-hybridized carbons (Fsp3) is 0.500. The molecule has 0 saturated heterocycles. The van der Waals surface area contributed by atoms with Crippen LogP contribution in [0, 0.1) is 0 Å². The van der Waals surface area contributed by atoms with Crippen molar-refractivity contribution >= 4 is 21.6 Å². The molecule has 0 aliphatic rings. The Morgan fingerprint density at radius 1 is 1.19 bits per heavy atom. The fourth-order valence-electron chi connectivity index (χ4n) is 1.61. The lowest BCUT2D eigenvalue weighted by Crippen LogP contribution is -2.33. The molecule has 9 heteroatoms. The van der Waals surface area contributed by atoms with Gasteiger partial charge in [0.05, 0.1) is 10.5 Å². The van der Waals surface area contributed by atoms with Gasteiger partial charge in [-0.25, -0.2) is 13.1 Å². The maximum atomic E-state index is 12.9. The minimum absolute atomic E-state index is 0.00224. The molecular weight excluding hydrogens is 329 g/mol. The van der Waals surface area contributed by atoms with Gasteiger partial charge in [0.15, 0.2) is 0 Å². The molecule has 0 saturated carbocycles. The fourth-order valence-corrected chi connectivity index (χ4v) is 3.02. The molecule has 0 unspecified atom stereocenters. The lowest BCUT2D eigenvalue weighted by Gasteiger charge is -2.14. The minimum atomic E-state index is -4.80. The summed E-state index contributed by atoms with van der Waals surface area (Å²) in [6.45, 7) is 2.99. The number of alkyl halides is 3. The van der Waals surface area contributed by atoms with Crippen LogP contribution in [0.1, 0.15) is 18.9 Å². The Balaban J connectivity index is 2.93. The third-order valence-corrected chi connectivity index (χ3v) is 4.31. The maximum absolute atomic E-state index is 12.9. The van der Waals surface area contributed by atoms with Crippen molar-refractivity contribution < 1.29 is 21.6 Å². The lowest BCUT2D eigenvalue weighted by atomic mass is 10.2. The van der Waals surface area contributed by atoms with E-state index in [0.717, 1.165) is 18.6 Å². The average Bonchev–Trinajstić information content (AvgIpc) is 2.37. The van der Waals surface area contributed by atoms with Gasteiger partial charge in [0.1, 0.15) is 0 Å². The van der Waals surface area contributed by atoms with Crippen LogP contribution < -0.4 is 10.0 Å². The molecule has 0 bridgehead atoms. The van der Waals surface area contributed by atoms with E-state index in [2.05, 4.69) is 10.0 Å². The van der Waals surface area contributed by atoms with Crippen molar-refractivity contribution in [3.05, 3.63) is 28.8 Å². The molecule has 0 amide bonds. The Hall–Kier alpha value is -0.830. The van der Waals surface area contributed by atoms with Crippen LogP contribution in [0.3, 0.4) is 0 Å². The van der Waals surface area contributed by atoms with Gasteiger partial charge in [-0.3, -0.25) is 0 Å². The summed E-state index contributed by atoms with van der Waals surface area (Å²) in [7, 11) is -4.25. The SMILES string of the molecule is CCCNCCNS(=O)(=O)c1ccc(Cl)cc1C(F)(F)F. The van der Waals surface area contributed by atoms with Gasteiger partial charge in [-0.15, -0.1) is 0 Å². The standard InChI is InChI=1S/C12H16ClF3N2O2S/c1-2-5-17-6-7-18-21(19,20)11-4-3-9(13)8-10(11)12(14,15)16/h3-4,8,17-18H,2,5-7H2,1H3. The van der Waals surface area contributed by atoms with E-state index in [1.165, 1.54) is 0 Å². The lowest BCUT2D eigenvalue weighted by molar-refractivity contribution is -0.139. The molecule has 2 N–H and O–H groups in total. The maximum Gasteiger partial charge on any atom is 0.417 e. The molecule has 0 aliphatic heterocycles. The zero-order valence-corrected chi connectivity index (χ0v) is 12.9. The van der Waals surface area contributed by atoms with E-state index in [-0.39, 0.29) is 11.6 Å². The Bertz CT molecular complexity index is 576. The second kappa shape index (κ2) is 7.44. The first-order valence-electron chi connectivity index (χ1n) is 6.25. The van der Waals surface area contributed by atoms with Crippen molar-refractivity contribution in [2.24, 2.45) is 0 Å². The highest BCUT2D eigenvalue weighted by molar-refractivity contribution is 7.89. The van der Waals surface area contributed by atoms with Crippen LogP contribution in [0.25, 0.3) is 0 Å². The van der Waals surface area contributed by atoms with Gasteiger partial charge >= 0.3 is 6.18 Å². The molecule has 0 atom stereocenters. The van der Waals surface area contributed by atoms with Crippen LogP contribution in [0.5, 0.6) is 0 Å². The van der Waals surface area contributed by atoms with Crippen molar-refractivity contribution in [1.82, 2.24) is 10.0 Å². The number of rotatable bonds is 7. The van der Waals surface area contributed by atoms with Crippen LogP contribution in [-0.4, -0.2) is 28.1 Å². The summed E-state index contributed by atoms with van der Waals surface area (Å²) in [6.07, 6.45) is -3.92. The van der Waals surface area contributed by atoms with Gasteiger partial charge in [0, 0.05) is 18.1 Å². The van der Waals surface area contributed by atoms with Crippen LogP contribution in [0.2, 0.25) is 5.02 Å². The third kappa shape index (κ3) is 5.46. The van der Waals surface area contributed by atoms with E-state index in [9.17, 15) is 21.6 Å². The Labute approximate surface area is 126 Å². The Morgan fingerprint density at radius 2 is 1.86 bits per heavy atom. The third-order valence-electron chi connectivity index (χ3n) is 2.56. The van der Waals surface area contributed by atoms with Gasteiger partial charge in [-0.05, 0) is 31.2 Å². The summed E-state index contributed by atoms with van der Waals surface area (Å²) >= 11 is 5.51. The molecule has 4 nitrogen and oxygen atoms in total. The summed E-state index contributed by atoms with van der Waals surface area (Å²) in [4.78, 5) is -0.824. The first-order valence-corrected chi connectivity index (χ1v) is 8.11. The molecule has 21 heavy (non-hydrogen) atoms. The van der Waals surface area contributed by atoms with Gasteiger partial charge < -0.3 is 5.32 Å². The molecule has 1 rings (SSSR count). The number of halogens is 4. The topological polar surface area (TPSA) is 58.2 Å². The molecule has 120 valence electrons. The second-order valence-corrected chi connectivity index (χ2v) is 6.46. The zero-order chi connectivity index (χ0) is 16.1. The predicted octanol–water partition coefficient (Wildman–Crippen LogP) is 2.64. The molecule has 0 radical (unpaired) electrons. The van der Waals surface area contributed by atoms with Gasteiger partial charge in [0.2, 0.25) is 10.0 Å². The molecule has 0 aliphatic carbocycles. The highest BCUT2D eigenvalue weighted by Crippen LogP contribution is 2.35. The summed E-state index contributed by atoms with van der Waals surface area (Å²) < 4.78 is 64.7. The van der Waals surface area contributed by atoms with Crippen molar-refractivity contribution in [2.45, 2.75) is 24.4 Å². The van der Waals surface area contributed by atoms with Crippen molar-refractivity contribution in [3.8, 4) is 0 Å². The molecule has 1 aromatic rings. The van der Waals surface area contributed by atoms with E-state index in [1.54, 1.807) is 0 Å². The summed E-state index contributed by atoms with van der Waals surface area (Å²) in [5.74, 6) is 0.